The van der Waals surface area contributed by atoms with E-state index in [1.807, 2.05) is 18.2 Å². The number of hydrogen-bond acceptors (Lipinski definition) is 3. The van der Waals surface area contributed by atoms with Gasteiger partial charge in [0.1, 0.15) is 0 Å². The summed E-state index contributed by atoms with van der Waals surface area (Å²) in [4.78, 5) is 10.1. The van der Waals surface area contributed by atoms with E-state index in [1.54, 1.807) is 18.2 Å². The summed E-state index contributed by atoms with van der Waals surface area (Å²) in [5, 5.41) is 20.5. The lowest BCUT2D eigenvalue weighted by atomic mass is 9.93. The third-order valence-corrected chi connectivity index (χ3v) is 3.23. The molecular formula is C15H11ClN2O2. The first-order chi connectivity index (χ1) is 9.60. The highest BCUT2D eigenvalue weighted by atomic mass is 35.5. The number of rotatable bonds is 4. The molecule has 0 N–H and O–H groups in total. The van der Waals surface area contributed by atoms with Crippen LogP contribution in [0.1, 0.15) is 17.0 Å². The third kappa shape index (κ3) is 3.34. The van der Waals surface area contributed by atoms with Crippen LogP contribution >= 0.6 is 11.6 Å². The van der Waals surface area contributed by atoms with Crippen LogP contribution in [0.25, 0.3) is 0 Å². The third-order valence-electron chi connectivity index (χ3n) is 2.99. The van der Waals surface area contributed by atoms with E-state index in [0.29, 0.717) is 11.4 Å². The minimum atomic E-state index is -0.456. The Balaban J connectivity index is 2.20. The molecule has 100 valence electrons. The molecule has 1 atom stereocenters. The van der Waals surface area contributed by atoms with Crippen LogP contribution < -0.4 is 0 Å². The topological polar surface area (TPSA) is 66.9 Å². The normalized spacial score (nSPS) is 11.6. The molecule has 0 amide bonds. The Kier molecular flexibility index (Phi) is 4.34. The Bertz CT molecular complexity index is 662. The predicted octanol–water partition coefficient (Wildman–Crippen LogP) is 4.10. The molecule has 20 heavy (non-hydrogen) atoms. The number of hydrogen-bond donors (Lipinski definition) is 0. The van der Waals surface area contributed by atoms with E-state index in [4.69, 9.17) is 11.6 Å². The lowest BCUT2D eigenvalue weighted by molar-refractivity contribution is -0.384. The van der Waals surface area contributed by atoms with Gasteiger partial charge >= 0.3 is 0 Å². The van der Waals surface area contributed by atoms with Gasteiger partial charge in [-0.15, -0.1) is 0 Å². The second kappa shape index (κ2) is 6.18. The van der Waals surface area contributed by atoms with Crippen molar-refractivity contribution in [3.05, 3.63) is 74.8 Å². The first kappa shape index (κ1) is 14.0. The fourth-order valence-electron chi connectivity index (χ4n) is 1.97. The van der Waals surface area contributed by atoms with E-state index in [1.165, 1.54) is 12.1 Å². The molecule has 2 aromatic carbocycles. The van der Waals surface area contributed by atoms with Gasteiger partial charge in [0, 0.05) is 17.2 Å². The van der Waals surface area contributed by atoms with Crippen LogP contribution in [0.15, 0.2) is 48.5 Å². The predicted molar refractivity (Wildman–Crippen MR) is 76.6 cm³/mol. The molecule has 2 aromatic rings. The molecule has 0 aliphatic heterocycles. The number of nitriles is 1. The van der Waals surface area contributed by atoms with Crippen LogP contribution in [0.3, 0.4) is 0 Å². The van der Waals surface area contributed by atoms with E-state index >= 15 is 0 Å². The Labute approximate surface area is 121 Å². The van der Waals surface area contributed by atoms with Crippen molar-refractivity contribution in [1.82, 2.24) is 0 Å². The minimum absolute atomic E-state index is 0.0215. The number of benzene rings is 2. The zero-order valence-electron chi connectivity index (χ0n) is 10.5. The summed E-state index contributed by atoms with van der Waals surface area (Å²) in [6.45, 7) is 0. The van der Waals surface area contributed by atoms with Crippen molar-refractivity contribution < 1.29 is 4.92 Å². The van der Waals surface area contributed by atoms with Crippen molar-refractivity contribution in [3.63, 3.8) is 0 Å². The lowest BCUT2D eigenvalue weighted by Crippen LogP contribution is -2.01. The zero-order valence-corrected chi connectivity index (χ0v) is 11.2. The van der Waals surface area contributed by atoms with Crippen LogP contribution in [0, 0.1) is 21.4 Å². The maximum Gasteiger partial charge on any atom is 0.269 e. The van der Waals surface area contributed by atoms with E-state index in [-0.39, 0.29) is 11.6 Å². The lowest BCUT2D eigenvalue weighted by Gasteiger charge is -2.09. The highest BCUT2D eigenvalue weighted by molar-refractivity contribution is 6.30. The van der Waals surface area contributed by atoms with E-state index < -0.39 is 4.92 Å². The SMILES string of the molecule is N#CC(Cc1cccc(Cl)c1)c1ccc([N+](=O)[O-])cc1. The number of non-ortho nitro benzene ring substituents is 1. The molecule has 0 fully saturated rings. The first-order valence-electron chi connectivity index (χ1n) is 5.98. The molecule has 0 heterocycles. The fraction of sp³-hybridized carbons (Fsp3) is 0.133. The highest BCUT2D eigenvalue weighted by Crippen LogP contribution is 2.24. The van der Waals surface area contributed by atoms with Gasteiger partial charge in [-0.3, -0.25) is 10.1 Å². The van der Waals surface area contributed by atoms with E-state index in [0.717, 1.165) is 11.1 Å². The summed E-state index contributed by atoms with van der Waals surface area (Å²) >= 11 is 5.92. The molecule has 0 saturated carbocycles. The van der Waals surface area contributed by atoms with Crippen LogP contribution in [0.5, 0.6) is 0 Å². The molecule has 1 unspecified atom stereocenters. The Morgan fingerprint density at radius 3 is 2.50 bits per heavy atom. The van der Waals surface area contributed by atoms with Gasteiger partial charge in [-0.25, -0.2) is 0 Å². The van der Waals surface area contributed by atoms with E-state index in [9.17, 15) is 15.4 Å². The van der Waals surface area contributed by atoms with Crippen molar-refractivity contribution in [2.24, 2.45) is 0 Å². The number of nitrogens with zero attached hydrogens (tertiary/aromatic N) is 2. The summed E-state index contributed by atoms with van der Waals surface area (Å²) in [5.41, 5.74) is 1.74. The molecule has 0 aromatic heterocycles. The van der Waals surface area contributed by atoms with Gasteiger partial charge in [-0.05, 0) is 29.7 Å². The van der Waals surface area contributed by atoms with Gasteiger partial charge < -0.3 is 0 Å². The molecule has 0 bridgehead atoms. The molecule has 0 saturated heterocycles. The van der Waals surface area contributed by atoms with Crippen LogP contribution in [-0.4, -0.2) is 4.92 Å². The molecular weight excluding hydrogens is 276 g/mol. The molecule has 5 heteroatoms. The molecule has 0 aliphatic carbocycles. The summed E-state index contributed by atoms with van der Waals surface area (Å²) in [6, 6.07) is 15.6. The molecule has 0 aliphatic rings. The fourth-order valence-corrected chi connectivity index (χ4v) is 2.18. The Morgan fingerprint density at radius 2 is 1.95 bits per heavy atom. The smallest absolute Gasteiger partial charge is 0.258 e. The van der Waals surface area contributed by atoms with Crippen molar-refractivity contribution in [2.45, 2.75) is 12.3 Å². The Hall–Kier alpha value is -2.38. The van der Waals surface area contributed by atoms with Gasteiger partial charge in [0.25, 0.3) is 5.69 Å². The molecule has 2 rings (SSSR count). The standard InChI is InChI=1S/C15H11ClN2O2/c16-14-3-1-2-11(9-14)8-13(10-17)12-4-6-15(7-5-12)18(19)20/h1-7,9,13H,8H2. The minimum Gasteiger partial charge on any atom is -0.258 e. The highest BCUT2D eigenvalue weighted by Gasteiger charge is 2.13. The van der Waals surface area contributed by atoms with Gasteiger partial charge in [-0.2, -0.15) is 5.26 Å². The first-order valence-corrected chi connectivity index (χ1v) is 6.36. The van der Waals surface area contributed by atoms with Gasteiger partial charge in [0.15, 0.2) is 0 Å². The van der Waals surface area contributed by atoms with Crippen molar-refractivity contribution in [2.75, 3.05) is 0 Å². The summed E-state index contributed by atoms with van der Waals surface area (Å²) in [7, 11) is 0. The van der Waals surface area contributed by atoms with Crippen molar-refractivity contribution in [3.8, 4) is 6.07 Å². The second-order valence-electron chi connectivity index (χ2n) is 4.36. The Morgan fingerprint density at radius 1 is 1.25 bits per heavy atom. The van der Waals surface area contributed by atoms with Crippen molar-refractivity contribution >= 4 is 17.3 Å². The average Bonchev–Trinajstić information content (AvgIpc) is 2.45. The number of nitro benzene ring substituents is 1. The van der Waals surface area contributed by atoms with Crippen LogP contribution in [-0.2, 0) is 6.42 Å². The summed E-state index contributed by atoms with van der Waals surface area (Å²) < 4.78 is 0. The van der Waals surface area contributed by atoms with Gasteiger partial charge in [-0.1, -0.05) is 35.9 Å². The zero-order chi connectivity index (χ0) is 14.5. The van der Waals surface area contributed by atoms with Gasteiger partial charge in [0.05, 0.1) is 16.9 Å². The van der Waals surface area contributed by atoms with Crippen LogP contribution in [0.4, 0.5) is 5.69 Å². The molecule has 0 spiro atoms. The summed E-state index contributed by atoms with van der Waals surface area (Å²) in [5.74, 6) is -0.353. The number of nitro groups is 1. The van der Waals surface area contributed by atoms with Crippen LogP contribution in [0.2, 0.25) is 5.02 Å². The maximum atomic E-state index is 10.6. The second-order valence-corrected chi connectivity index (χ2v) is 4.80. The average molecular weight is 287 g/mol. The molecule has 0 radical (unpaired) electrons. The maximum absolute atomic E-state index is 10.6. The molecule has 4 nitrogen and oxygen atoms in total. The van der Waals surface area contributed by atoms with Gasteiger partial charge in [0.2, 0.25) is 0 Å². The largest absolute Gasteiger partial charge is 0.269 e. The quantitative estimate of drug-likeness (QED) is 0.628. The van der Waals surface area contributed by atoms with E-state index in [2.05, 4.69) is 6.07 Å². The summed E-state index contributed by atoms with van der Waals surface area (Å²) in [6.07, 6.45) is 0.523. The van der Waals surface area contributed by atoms with Crippen molar-refractivity contribution in [1.29, 1.82) is 5.26 Å². The monoisotopic (exact) mass is 286 g/mol. The number of halogens is 1.